The van der Waals surface area contributed by atoms with Gasteiger partial charge in [0.05, 0.1) is 11.3 Å². The predicted molar refractivity (Wildman–Crippen MR) is 111 cm³/mol. The van der Waals surface area contributed by atoms with Crippen LogP contribution in [0.3, 0.4) is 0 Å². The topological polar surface area (TPSA) is 76.3 Å². The molecule has 162 valence electrons. The second-order valence-electron chi connectivity index (χ2n) is 7.69. The maximum absolute atomic E-state index is 13.8. The highest BCUT2D eigenvalue weighted by atomic mass is 19.3. The number of amides is 1. The molecule has 3 heterocycles. The van der Waals surface area contributed by atoms with Gasteiger partial charge in [0, 0.05) is 24.7 Å². The number of pyridine rings is 1. The normalized spacial score (nSPS) is 15.9. The highest BCUT2D eigenvalue weighted by Crippen LogP contribution is 2.33. The van der Waals surface area contributed by atoms with Gasteiger partial charge in [0.2, 0.25) is 0 Å². The average molecular weight is 438 g/mol. The smallest absolute Gasteiger partial charge is 0.280 e. The highest BCUT2D eigenvalue weighted by Gasteiger charge is 2.31. The van der Waals surface area contributed by atoms with Crippen LogP contribution in [0.4, 0.5) is 13.2 Å². The van der Waals surface area contributed by atoms with E-state index in [0.29, 0.717) is 29.5 Å². The first-order valence-corrected chi connectivity index (χ1v) is 9.90. The number of hydrogen-bond donors (Lipinski definition) is 0. The van der Waals surface area contributed by atoms with Gasteiger partial charge in [-0.15, -0.1) is 0 Å². The van der Waals surface area contributed by atoms with Crippen molar-refractivity contribution in [1.29, 1.82) is 0 Å². The van der Waals surface area contributed by atoms with Crippen molar-refractivity contribution < 1.29 is 18.0 Å². The second-order valence-corrected chi connectivity index (χ2v) is 7.69. The minimum absolute atomic E-state index is 0.0420. The van der Waals surface area contributed by atoms with Gasteiger partial charge in [0.15, 0.2) is 0 Å². The van der Waals surface area contributed by atoms with Gasteiger partial charge in [-0.05, 0) is 37.1 Å². The minimum atomic E-state index is -2.71. The molecule has 0 unspecified atom stereocenters. The molecule has 4 aromatic rings. The number of nitrogens with zero attached hydrogens (tertiary/aromatic N) is 6. The third kappa shape index (κ3) is 3.47. The Morgan fingerprint density at radius 3 is 2.84 bits per heavy atom. The van der Waals surface area contributed by atoms with Gasteiger partial charge in [-0.2, -0.15) is 14.6 Å². The van der Waals surface area contributed by atoms with Crippen LogP contribution < -0.4 is 0 Å². The molecule has 10 heteroatoms. The Hall–Kier alpha value is -3.82. The molecule has 1 aromatic carbocycles. The van der Waals surface area contributed by atoms with Gasteiger partial charge in [0.1, 0.15) is 23.4 Å². The summed E-state index contributed by atoms with van der Waals surface area (Å²) in [5, 5.41) is 4.60. The number of halogens is 3. The molecule has 7 nitrogen and oxygen atoms in total. The Kier molecular flexibility index (Phi) is 4.84. The van der Waals surface area contributed by atoms with Gasteiger partial charge in [-0.1, -0.05) is 17.7 Å². The molecule has 1 aliphatic rings. The first kappa shape index (κ1) is 20.1. The summed E-state index contributed by atoms with van der Waals surface area (Å²) in [5.41, 5.74) is 1.70. The van der Waals surface area contributed by atoms with E-state index in [-0.39, 0.29) is 28.9 Å². The van der Waals surface area contributed by atoms with Crippen LogP contribution in [-0.4, -0.2) is 48.5 Å². The zero-order valence-electron chi connectivity index (χ0n) is 16.9. The Labute approximate surface area is 180 Å². The van der Waals surface area contributed by atoms with Crippen LogP contribution in [-0.2, 0) is 0 Å². The molecule has 1 amide bonds. The Morgan fingerprint density at radius 2 is 2.06 bits per heavy atom. The number of fused-ring (bicyclic) bond motifs is 2. The van der Waals surface area contributed by atoms with E-state index < -0.39 is 12.2 Å². The Balaban J connectivity index is 1.33. The lowest BCUT2D eigenvalue weighted by Crippen LogP contribution is -2.42. The van der Waals surface area contributed by atoms with Crippen LogP contribution in [0, 0.1) is 5.82 Å². The average Bonchev–Trinajstić information content (AvgIpc) is 3.23. The van der Waals surface area contributed by atoms with Crippen molar-refractivity contribution in [2.75, 3.05) is 7.05 Å². The molecule has 32 heavy (non-hydrogen) atoms. The largest absolute Gasteiger partial charge is 0.338 e. The number of benzene rings is 1. The highest BCUT2D eigenvalue weighted by molar-refractivity contribution is 5.97. The molecule has 0 N–H and O–H groups in total. The summed E-state index contributed by atoms with van der Waals surface area (Å²) in [7, 11) is 1.70. The van der Waals surface area contributed by atoms with Gasteiger partial charge in [-0.25, -0.2) is 18.2 Å². The standard InChI is InChI=1S/C22H17F3N6O/c1-30(21(32)14-8-13-3-2-4-17(23)19(13)26-10-14)15-5-12(6-15)7-16-9-18(20(24)25)29-22-27-11-28-31(16)22/h2-4,7-11,15,20H,5-6H2,1H3. The van der Waals surface area contributed by atoms with E-state index >= 15 is 0 Å². The number of hydrogen-bond acceptors (Lipinski definition) is 5. The number of rotatable bonds is 4. The molecule has 0 saturated heterocycles. The molecule has 0 aliphatic heterocycles. The summed E-state index contributed by atoms with van der Waals surface area (Å²) < 4.78 is 41.5. The predicted octanol–water partition coefficient (Wildman–Crippen LogP) is 4.07. The van der Waals surface area contributed by atoms with Gasteiger partial charge in [0.25, 0.3) is 18.1 Å². The van der Waals surface area contributed by atoms with E-state index in [1.807, 2.05) is 0 Å². The summed E-state index contributed by atoms with van der Waals surface area (Å²) in [4.78, 5) is 26.3. The number of alkyl halides is 2. The summed E-state index contributed by atoms with van der Waals surface area (Å²) >= 11 is 0. The van der Waals surface area contributed by atoms with Crippen molar-refractivity contribution in [2.45, 2.75) is 25.3 Å². The summed E-state index contributed by atoms with van der Waals surface area (Å²) in [6.07, 6.45) is 2.91. The monoisotopic (exact) mass is 438 g/mol. The fraction of sp³-hybridized carbons (Fsp3) is 0.227. The zero-order valence-corrected chi connectivity index (χ0v) is 16.9. The van der Waals surface area contributed by atoms with Crippen molar-refractivity contribution in [3.05, 3.63) is 71.2 Å². The number of aromatic nitrogens is 5. The first-order valence-electron chi connectivity index (χ1n) is 9.90. The lowest BCUT2D eigenvalue weighted by Gasteiger charge is -2.37. The molecule has 1 fully saturated rings. The van der Waals surface area contributed by atoms with E-state index in [0.717, 1.165) is 5.57 Å². The lowest BCUT2D eigenvalue weighted by molar-refractivity contribution is 0.0699. The van der Waals surface area contributed by atoms with Crippen LogP contribution in [0.5, 0.6) is 0 Å². The fourth-order valence-corrected chi connectivity index (χ4v) is 3.83. The number of carbonyl (C=O) groups excluding carboxylic acids is 1. The molecule has 0 spiro atoms. The fourth-order valence-electron chi connectivity index (χ4n) is 3.83. The van der Waals surface area contributed by atoms with E-state index in [1.165, 1.54) is 29.2 Å². The molecule has 0 radical (unpaired) electrons. The van der Waals surface area contributed by atoms with Crippen LogP contribution in [0.25, 0.3) is 22.8 Å². The summed E-state index contributed by atoms with van der Waals surface area (Å²) in [6, 6.07) is 7.49. The second kappa shape index (κ2) is 7.70. The molecular weight excluding hydrogens is 421 g/mol. The molecule has 3 aromatic heterocycles. The molecule has 1 aliphatic carbocycles. The van der Waals surface area contributed by atoms with Crippen molar-refractivity contribution in [1.82, 2.24) is 29.5 Å². The minimum Gasteiger partial charge on any atom is -0.338 e. The number of para-hydroxylation sites is 1. The molecule has 5 rings (SSSR count). The molecule has 0 bridgehead atoms. The third-order valence-electron chi connectivity index (χ3n) is 5.65. The van der Waals surface area contributed by atoms with Crippen molar-refractivity contribution >= 4 is 28.7 Å². The van der Waals surface area contributed by atoms with Crippen LogP contribution in [0.15, 0.2) is 48.4 Å². The molecule has 1 saturated carbocycles. The van der Waals surface area contributed by atoms with Gasteiger partial charge >= 0.3 is 0 Å². The SMILES string of the molecule is CN(C(=O)c1cnc2c(F)cccc2c1)C1CC(=Cc2cc(C(F)F)nc3ncnn23)C1. The van der Waals surface area contributed by atoms with Crippen LogP contribution in [0.2, 0.25) is 0 Å². The van der Waals surface area contributed by atoms with E-state index in [9.17, 15) is 18.0 Å². The van der Waals surface area contributed by atoms with E-state index in [4.69, 9.17) is 0 Å². The van der Waals surface area contributed by atoms with Crippen LogP contribution >= 0.6 is 0 Å². The van der Waals surface area contributed by atoms with Crippen LogP contribution in [0.1, 0.15) is 41.0 Å². The Morgan fingerprint density at radius 1 is 1.25 bits per heavy atom. The Bertz CT molecular complexity index is 1370. The zero-order chi connectivity index (χ0) is 22.4. The van der Waals surface area contributed by atoms with Gasteiger partial charge in [-0.3, -0.25) is 9.78 Å². The van der Waals surface area contributed by atoms with E-state index in [1.54, 1.807) is 36.2 Å². The lowest BCUT2D eigenvalue weighted by atomic mass is 9.84. The van der Waals surface area contributed by atoms with Gasteiger partial charge < -0.3 is 4.90 Å². The maximum atomic E-state index is 13.8. The first-order chi connectivity index (χ1) is 15.4. The van der Waals surface area contributed by atoms with Crippen molar-refractivity contribution in [2.24, 2.45) is 0 Å². The number of carbonyl (C=O) groups is 1. The molecule has 0 atom stereocenters. The third-order valence-corrected chi connectivity index (χ3v) is 5.65. The van der Waals surface area contributed by atoms with E-state index in [2.05, 4.69) is 20.1 Å². The van der Waals surface area contributed by atoms with Crippen molar-refractivity contribution in [3.8, 4) is 0 Å². The van der Waals surface area contributed by atoms with Crippen molar-refractivity contribution in [3.63, 3.8) is 0 Å². The maximum Gasteiger partial charge on any atom is 0.280 e. The quantitative estimate of drug-likeness (QED) is 0.480. The summed E-state index contributed by atoms with van der Waals surface area (Å²) in [6.45, 7) is 0. The molecular formula is C22H17F3N6O. The summed E-state index contributed by atoms with van der Waals surface area (Å²) in [5.74, 6) is -0.537.